The Balaban J connectivity index is 3.90. The highest BCUT2D eigenvalue weighted by Crippen LogP contribution is 2.06. The van der Waals surface area contributed by atoms with Crippen LogP contribution >= 0.6 is 0 Å². The molecule has 0 bridgehead atoms. The van der Waals surface area contributed by atoms with Crippen molar-refractivity contribution in [1.29, 1.82) is 0 Å². The van der Waals surface area contributed by atoms with Crippen LogP contribution in [0.3, 0.4) is 0 Å². The van der Waals surface area contributed by atoms with E-state index in [1.165, 1.54) is 0 Å². The first-order valence-corrected chi connectivity index (χ1v) is 5.99. The van der Waals surface area contributed by atoms with Gasteiger partial charge < -0.3 is 9.04 Å². The summed E-state index contributed by atoms with van der Waals surface area (Å²) < 4.78 is 31.7. The lowest BCUT2D eigenvalue weighted by Crippen LogP contribution is -2.46. The minimum absolute atomic E-state index is 0.249. The lowest BCUT2D eigenvalue weighted by Gasteiger charge is -2.34. The summed E-state index contributed by atoms with van der Waals surface area (Å²) in [5.74, 6) is -0.249. The Morgan fingerprint density at radius 2 is 1.77 bits per heavy atom. The van der Waals surface area contributed by atoms with Gasteiger partial charge in [0.1, 0.15) is 0 Å². The molecule has 0 fully saturated rings. The Morgan fingerprint density at radius 1 is 1.31 bits per heavy atom. The van der Waals surface area contributed by atoms with Crippen LogP contribution in [0.5, 0.6) is 0 Å². The van der Waals surface area contributed by atoms with E-state index < -0.39 is 10.1 Å². The molecule has 0 amide bonds. The van der Waals surface area contributed by atoms with Crippen LogP contribution in [0.1, 0.15) is 20.3 Å². The molecule has 0 aromatic carbocycles. The van der Waals surface area contributed by atoms with E-state index in [0.717, 1.165) is 11.0 Å². The standard InChI is InChI=1S/C8H19NO3S/c1-8(2)9(3,4)6-5-7-13(10,11)12/h8H,5-7H2,1-4H3. The molecule has 0 aliphatic carbocycles. The van der Waals surface area contributed by atoms with Crippen LogP contribution in [-0.4, -0.2) is 49.9 Å². The van der Waals surface area contributed by atoms with Crippen molar-refractivity contribution in [2.24, 2.45) is 0 Å². The van der Waals surface area contributed by atoms with Gasteiger partial charge in [-0.1, -0.05) is 0 Å². The SMILES string of the molecule is CC(C)[N+](C)(C)CCCS(=O)(=O)[O-]. The van der Waals surface area contributed by atoms with Crippen molar-refractivity contribution in [2.45, 2.75) is 26.3 Å². The summed E-state index contributed by atoms with van der Waals surface area (Å²) in [6.45, 7) is 4.87. The van der Waals surface area contributed by atoms with Crippen LogP contribution < -0.4 is 0 Å². The van der Waals surface area contributed by atoms with E-state index in [0.29, 0.717) is 12.5 Å². The predicted molar refractivity (Wildman–Crippen MR) is 51.3 cm³/mol. The average molecular weight is 209 g/mol. The van der Waals surface area contributed by atoms with Gasteiger partial charge in [-0.3, -0.25) is 0 Å². The van der Waals surface area contributed by atoms with Crippen LogP contribution in [0.2, 0.25) is 0 Å². The van der Waals surface area contributed by atoms with Crippen LogP contribution in [0.25, 0.3) is 0 Å². The fraction of sp³-hybridized carbons (Fsp3) is 1.00. The van der Waals surface area contributed by atoms with Crippen molar-refractivity contribution >= 4 is 10.1 Å². The maximum Gasteiger partial charge on any atom is 0.0948 e. The van der Waals surface area contributed by atoms with Crippen molar-refractivity contribution in [2.75, 3.05) is 26.4 Å². The van der Waals surface area contributed by atoms with Gasteiger partial charge in [-0.2, -0.15) is 0 Å². The molecule has 0 atom stereocenters. The molecule has 80 valence electrons. The smallest absolute Gasteiger partial charge is 0.0948 e. The van der Waals surface area contributed by atoms with Gasteiger partial charge in [-0.05, 0) is 13.8 Å². The Hall–Kier alpha value is -0.130. The summed E-state index contributed by atoms with van der Waals surface area (Å²) in [5.41, 5.74) is 0. The average Bonchev–Trinajstić information content (AvgIpc) is 1.82. The minimum Gasteiger partial charge on any atom is -0.748 e. The molecule has 0 radical (unpaired) electrons. The highest BCUT2D eigenvalue weighted by atomic mass is 32.2. The second-order valence-corrected chi connectivity index (χ2v) is 5.73. The largest absolute Gasteiger partial charge is 0.748 e. The molecule has 0 rings (SSSR count). The molecule has 0 heterocycles. The van der Waals surface area contributed by atoms with Gasteiger partial charge in [-0.15, -0.1) is 0 Å². The van der Waals surface area contributed by atoms with E-state index in [4.69, 9.17) is 0 Å². The topological polar surface area (TPSA) is 57.2 Å². The summed E-state index contributed by atoms with van der Waals surface area (Å²) in [6, 6.07) is 0.439. The second-order valence-electron chi connectivity index (χ2n) is 4.21. The summed E-state index contributed by atoms with van der Waals surface area (Å²) >= 11 is 0. The number of hydrogen-bond donors (Lipinski definition) is 0. The molecule has 0 aromatic heterocycles. The van der Waals surface area contributed by atoms with E-state index in [1.807, 2.05) is 14.1 Å². The molecule has 5 heteroatoms. The summed E-state index contributed by atoms with van der Waals surface area (Å²) in [7, 11) is 0.0274. The van der Waals surface area contributed by atoms with E-state index in [9.17, 15) is 13.0 Å². The lowest BCUT2D eigenvalue weighted by molar-refractivity contribution is -0.911. The van der Waals surface area contributed by atoms with Crippen LogP contribution in [-0.2, 0) is 10.1 Å². The van der Waals surface area contributed by atoms with Crippen LogP contribution in [0, 0.1) is 0 Å². The molecule has 0 aliphatic rings. The highest BCUT2D eigenvalue weighted by Gasteiger charge is 2.18. The number of hydrogen-bond acceptors (Lipinski definition) is 3. The molecular weight excluding hydrogens is 190 g/mol. The first kappa shape index (κ1) is 12.9. The lowest BCUT2D eigenvalue weighted by atomic mass is 10.2. The second kappa shape index (κ2) is 4.39. The predicted octanol–water partition coefficient (Wildman–Crippen LogP) is 0.407. The Kier molecular flexibility index (Phi) is 4.35. The van der Waals surface area contributed by atoms with Crippen LogP contribution in [0.4, 0.5) is 0 Å². The van der Waals surface area contributed by atoms with E-state index >= 15 is 0 Å². The fourth-order valence-electron chi connectivity index (χ4n) is 0.907. The van der Waals surface area contributed by atoms with Gasteiger partial charge in [0.2, 0.25) is 0 Å². The Bertz CT molecular complexity index is 244. The third kappa shape index (κ3) is 6.01. The molecule has 13 heavy (non-hydrogen) atoms. The third-order valence-electron chi connectivity index (χ3n) is 2.53. The Labute approximate surface area is 80.9 Å². The third-order valence-corrected chi connectivity index (χ3v) is 3.32. The zero-order valence-electron chi connectivity index (χ0n) is 8.78. The zero-order chi connectivity index (χ0) is 10.7. The normalized spacial score (nSPS) is 13.7. The summed E-state index contributed by atoms with van der Waals surface area (Å²) in [4.78, 5) is 0. The fourth-order valence-corrected chi connectivity index (χ4v) is 1.39. The molecule has 4 nitrogen and oxygen atoms in total. The number of quaternary nitrogens is 1. The number of rotatable bonds is 5. The highest BCUT2D eigenvalue weighted by molar-refractivity contribution is 7.85. The van der Waals surface area contributed by atoms with Crippen LogP contribution in [0.15, 0.2) is 0 Å². The number of nitrogens with zero attached hydrogens (tertiary/aromatic N) is 1. The molecule has 0 saturated carbocycles. The monoisotopic (exact) mass is 209 g/mol. The maximum absolute atomic E-state index is 10.3. The molecule has 0 spiro atoms. The van der Waals surface area contributed by atoms with Gasteiger partial charge in [0.05, 0.1) is 36.8 Å². The van der Waals surface area contributed by atoms with E-state index in [-0.39, 0.29) is 5.75 Å². The molecule has 0 aromatic rings. The summed E-state index contributed by atoms with van der Waals surface area (Å²) in [5, 5.41) is 0. The van der Waals surface area contributed by atoms with Crippen molar-refractivity contribution < 1.29 is 17.5 Å². The maximum atomic E-state index is 10.3. The molecular formula is C8H19NO3S. The van der Waals surface area contributed by atoms with Crippen molar-refractivity contribution in [1.82, 2.24) is 0 Å². The first-order valence-electron chi connectivity index (χ1n) is 4.41. The van der Waals surface area contributed by atoms with Gasteiger partial charge in [0.25, 0.3) is 0 Å². The zero-order valence-corrected chi connectivity index (χ0v) is 9.60. The van der Waals surface area contributed by atoms with Crippen molar-refractivity contribution in [3.63, 3.8) is 0 Å². The van der Waals surface area contributed by atoms with Gasteiger partial charge in [0, 0.05) is 12.2 Å². The van der Waals surface area contributed by atoms with Gasteiger partial charge in [-0.25, -0.2) is 8.42 Å². The quantitative estimate of drug-likeness (QED) is 0.486. The van der Waals surface area contributed by atoms with E-state index in [1.54, 1.807) is 0 Å². The molecule has 0 saturated heterocycles. The first-order chi connectivity index (χ1) is 5.65. The molecule has 0 aliphatic heterocycles. The van der Waals surface area contributed by atoms with Crippen molar-refractivity contribution in [3.05, 3.63) is 0 Å². The van der Waals surface area contributed by atoms with Gasteiger partial charge in [0.15, 0.2) is 0 Å². The van der Waals surface area contributed by atoms with Gasteiger partial charge >= 0.3 is 0 Å². The van der Waals surface area contributed by atoms with E-state index in [2.05, 4.69) is 13.8 Å². The molecule has 0 unspecified atom stereocenters. The Morgan fingerprint density at radius 3 is 2.08 bits per heavy atom. The summed E-state index contributed by atoms with van der Waals surface area (Å²) in [6.07, 6.45) is 0.441. The molecule has 0 N–H and O–H groups in total. The minimum atomic E-state index is -4.03. The van der Waals surface area contributed by atoms with Crippen molar-refractivity contribution in [3.8, 4) is 0 Å².